The molecular formula is C60H44N2O. The third kappa shape index (κ3) is 5.08. The number of rotatable bonds is 5. The second-order valence-corrected chi connectivity index (χ2v) is 18.5. The van der Waals surface area contributed by atoms with Crippen LogP contribution in [0.1, 0.15) is 49.9 Å². The highest BCUT2D eigenvalue weighted by molar-refractivity contribution is 6.14. The topological polar surface area (TPSA) is 21.3 Å². The van der Waals surface area contributed by atoms with E-state index in [4.69, 9.17) is 4.42 Å². The molecule has 13 rings (SSSR count). The van der Waals surface area contributed by atoms with Gasteiger partial charge in [0.1, 0.15) is 11.2 Å². The number of fused-ring (bicyclic) bond motifs is 12. The number of hydrogen-bond donors (Lipinski definition) is 0. The maximum atomic E-state index is 6.46. The van der Waals surface area contributed by atoms with Crippen molar-refractivity contribution in [3.63, 3.8) is 0 Å². The van der Waals surface area contributed by atoms with Crippen LogP contribution < -0.4 is 4.90 Å². The van der Waals surface area contributed by atoms with Crippen LogP contribution in [0.2, 0.25) is 0 Å². The Morgan fingerprint density at radius 1 is 0.397 bits per heavy atom. The molecule has 3 heteroatoms. The van der Waals surface area contributed by atoms with Gasteiger partial charge in [0.15, 0.2) is 0 Å². The Bertz CT molecular complexity index is 3680. The number of para-hydroxylation sites is 2. The second-order valence-electron chi connectivity index (χ2n) is 18.5. The molecule has 2 heterocycles. The highest BCUT2D eigenvalue weighted by atomic mass is 16.3. The lowest BCUT2D eigenvalue weighted by Gasteiger charge is -2.28. The molecule has 0 saturated carbocycles. The summed E-state index contributed by atoms with van der Waals surface area (Å²) in [5, 5.41) is 4.74. The zero-order valence-electron chi connectivity index (χ0n) is 35.8. The fraction of sp³-hybridized carbons (Fsp3) is 0.100. The Morgan fingerprint density at radius 3 is 1.78 bits per heavy atom. The molecule has 3 nitrogen and oxygen atoms in total. The van der Waals surface area contributed by atoms with Crippen LogP contribution >= 0.6 is 0 Å². The molecule has 0 N–H and O–H groups in total. The van der Waals surface area contributed by atoms with Gasteiger partial charge >= 0.3 is 0 Å². The van der Waals surface area contributed by atoms with E-state index in [0.717, 1.165) is 39.0 Å². The average Bonchev–Trinajstić information content (AvgIpc) is 4.00. The third-order valence-electron chi connectivity index (χ3n) is 14.4. The molecule has 0 atom stereocenters. The van der Waals surface area contributed by atoms with Gasteiger partial charge in [-0.2, -0.15) is 0 Å². The number of hydrogen-bond acceptors (Lipinski definition) is 2. The number of aromatic nitrogens is 1. The van der Waals surface area contributed by atoms with Crippen molar-refractivity contribution in [2.75, 3.05) is 4.90 Å². The van der Waals surface area contributed by atoms with E-state index in [1.54, 1.807) is 0 Å². The van der Waals surface area contributed by atoms with Crippen molar-refractivity contribution in [3.05, 3.63) is 216 Å². The van der Waals surface area contributed by atoms with Crippen molar-refractivity contribution in [1.29, 1.82) is 0 Å². The first-order chi connectivity index (χ1) is 30.8. The Hall–Kier alpha value is -7.62. The zero-order chi connectivity index (χ0) is 42.2. The van der Waals surface area contributed by atoms with Gasteiger partial charge in [-0.3, -0.25) is 0 Å². The van der Waals surface area contributed by atoms with E-state index in [1.165, 1.54) is 83.1 Å². The highest BCUT2D eigenvalue weighted by Crippen LogP contribution is 2.53. The molecule has 63 heavy (non-hydrogen) atoms. The van der Waals surface area contributed by atoms with Crippen molar-refractivity contribution in [2.45, 2.75) is 38.5 Å². The molecule has 0 bridgehead atoms. The Kier molecular flexibility index (Phi) is 7.42. The van der Waals surface area contributed by atoms with Gasteiger partial charge in [0, 0.05) is 44.1 Å². The lowest BCUT2D eigenvalue weighted by Crippen LogP contribution is -2.15. The molecule has 9 aromatic carbocycles. The number of furan rings is 1. The molecule has 0 saturated heterocycles. The van der Waals surface area contributed by atoms with Crippen molar-refractivity contribution in [3.8, 4) is 39.1 Å². The maximum absolute atomic E-state index is 6.46. The smallest absolute Gasteiger partial charge is 0.137 e. The van der Waals surface area contributed by atoms with Crippen molar-refractivity contribution in [1.82, 2.24) is 4.57 Å². The standard InChI is InChI=1S/C60H44N2O/c1-59(2)49-20-11-8-17-42(49)45-34-41(30-31-51(45)59)61(54-22-14-24-57-58(54)44-19-10-13-23-56(44)63-57)40-28-25-37(26-29-40)38-27-32-53-47(33-38)48-35-46-43-18-9-12-21-50(43)60(3,4)52(46)36-55(48)62(53)39-15-6-5-7-16-39/h5-36H,1-4H3. The monoisotopic (exact) mass is 808 g/mol. The summed E-state index contributed by atoms with van der Waals surface area (Å²) in [6.45, 7) is 9.41. The molecular weight excluding hydrogens is 765 g/mol. The Labute approximate surface area is 367 Å². The maximum Gasteiger partial charge on any atom is 0.137 e. The van der Waals surface area contributed by atoms with Gasteiger partial charge in [-0.25, -0.2) is 0 Å². The molecule has 0 radical (unpaired) electrons. The summed E-state index contributed by atoms with van der Waals surface area (Å²) in [7, 11) is 0. The largest absolute Gasteiger partial charge is 0.456 e. The third-order valence-corrected chi connectivity index (χ3v) is 14.4. The predicted octanol–water partition coefficient (Wildman–Crippen LogP) is 16.4. The molecule has 0 spiro atoms. The molecule has 0 fully saturated rings. The fourth-order valence-electron chi connectivity index (χ4n) is 11.3. The zero-order valence-corrected chi connectivity index (χ0v) is 35.8. The van der Waals surface area contributed by atoms with E-state index in [0.29, 0.717) is 0 Å². The average molecular weight is 809 g/mol. The minimum atomic E-state index is -0.0873. The molecule has 0 aliphatic heterocycles. The first-order valence-electron chi connectivity index (χ1n) is 22.1. The Balaban J connectivity index is 0.982. The van der Waals surface area contributed by atoms with Gasteiger partial charge in [0.05, 0.1) is 22.1 Å². The normalized spacial score (nSPS) is 14.3. The lowest BCUT2D eigenvalue weighted by molar-refractivity contribution is 0.660. The first kappa shape index (κ1) is 36.1. The molecule has 0 unspecified atom stereocenters. The van der Waals surface area contributed by atoms with Crippen LogP contribution in [0.4, 0.5) is 17.1 Å². The van der Waals surface area contributed by atoms with Crippen LogP contribution in [-0.2, 0) is 10.8 Å². The molecule has 2 aliphatic rings. The van der Waals surface area contributed by atoms with E-state index >= 15 is 0 Å². The van der Waals surface area contributed by atoms with Crippen molar-refractivity contribution < 1.29 is 4.42 Å². The summed E-state index contributed by atoms with van der Waals surface area (Å²) < 4.78 is 8.91. The fourth-order valence-corrected chi connectivity index (χ4v) is 11.3. The van der Waals surface area contributed by atoms with Gasteiger partial charge in [-0.05, 0) is 134 Å². The highest BCUT2D eigenvalue weighted by Gasteiger charge is 2.37. The Morgan fingerprint density at radius 2 is 1.00 bits per heavy atom. The van der Waals surface area contributed by atoms with Crippen LogP contribution in [0.3, 0.4) is 0 Å². The van der Waals surface area contributed by atoms with Crippen LogP contribution in [0.15, 0.2) is 199 Å². The van der Waals surface area contributed by atoms with Gasteiger partial charge in [-0.1, -0.05) is 143 Å². The van der Waals surface area contributed by atoms with Crippen LogP contribution in [0, 0.1) is 0 Å². The van der Waals surface area contributed by atoms with Gasteiger partial charge < -0.3 is 13.9 Å². The van der Waals surface area contributed by atoms with E-state index in [2.05, 4.69) is 225 Å². The predicted molar refractivity (Wildman–Crippen MR) is 263 cm³/mol. The van der Waals surface area contributed by atoms with E-state index in [1.807, 2.05) is 6.07 Å². The van der Waals surface area contributed by atoms with Crippen LogP contribution in [0.25, 0.3) is 82.8 Å². The van der Waals surface area contributed by atoms with E-state index in [-0.39, 0.29) is 10.8 Å². The lowest BCUT2D eigenvalue weighted by atomic mass is 9.82. The quantitative estimate of drug-likeness (QED) is 0.173. The minimum Gasteiger partial charge on any atom is -0.456 e. The summed E-state index contributed by atoms with van der Waals surface area (Å²) in [5.74, 6) is 0. The SMILES string of the molecule is CC1(C)c2ccccc2-c2cc(N(c3ccc(-c4ccc5c(c4)c4cc6c(cc4n5-c4ccccc4)C(C)(C)c4ccccc4-6)cc3)c3cccc4oc5ccccc5c34)ccc21. The minimum absolute atomic E-state index is 0.0761. The molecule has 0 amide bonds. The summed E-state index contributed by atoms with van der Waals surface area (Å²) >= 11 is 0. The molecule has 11 aromatic rings. The van der Waals surface area contributed by atoms with Crippen LogP contribution in [0.5, 0.6) is 0 Å². The number of benzene rings is 9. The molecule has 300 valence electrons. The summed E-state index contributed by atoms with van der Waals surface area (Å²) in [6.07, 6.45) is 0. The van der Waals surface area contributed by atoms with Gasteiger partial charge in [0.2, 0.25) is 0 Å². The molecule has 2 aromatic heterocycles. The van der Waals surface area contributed by atoms with E-state index in [9.17, 15) is 0 Å². The van der Waals surface area contributed by atoms with Crippen molar-refractivity contribution in [2.24, 2.45) is 0 Å². The van der Waals surface area contributed by atoms with Crippen molar-refractivity contribution >= 4 is 60.8 Å². The second kappa shape index (κ2) is 13.0. The van der Waals surface area contributed by atoms with Crippen LogP contribution in [-0.4, -0.2) is 4.57 Å². The summed E-state index contributed by atoms with van der Waals surface area (Å²) in [5.41, 5.74) is 21.6. The summed E-state index contributed by atoms with van der Waals surface area (Å²) in [6, 6.07) is 71.5. The number of anilines is 3. The van der Waals surface area contributed by atoms with E-state index < -0.39 is 0 Å². The molecule has 2 aliphatic carbocycles. The summed E-state index contributed by atoms with van der Waals surface area (Å²) in [4.78, 5) is 2.42. The number of nitrogens with zero attached hydrogens (tertiary/aromatic N) is 2. The van der Waals surface area contributed by atoms with Gasteiger partial charge in [0.25, 0.3) is 0 Å². The first-order valence-corrected chi connectivity index (χ1v) is 22.1. The van der Waals surface area contributed by atoms with Gasteiger partial charge in [-0.15, -0.1) is 0 Å².